The molecule has 27 heavy (non-hydrogen) atoms. The molecule has 0 spiro atoms. The van der Waals surface area contributed by atoms with Gasteiger partial charge in [-0.2, -0.15) is 9.78 Å². The zero-order valence-electron chi connectivity index (χ0n) is 14.9. The number of amides is 1. The number of nitrogens with zero attached hydrogens (tertiary/aromatic N) is 3. The predicted octanol–water partition coefficient (Wildman–Crippen LogP) is 1.33. The van der Waals surface area contributed by atoms with E-state index in [4.69, 9.17) is 4.42 Å². The molecule has 0 saturated heterocycles. The zero-order chi connectivity index (χ0) is 19.6. The van der Waals surface area contributed by atoms with Gasteiger partial charge in [0.15, 0.2) is 5.76 Å². The van der Waals surface area contributed by atoms with Crippen LogP contribution < -0.4 is 10.9 Å². The number of furan rings is 1. The number of rotatable bonds is 4. The van der Waals surface area contributed by atoms with Crippen LogP contribution in [0.3, 0.4) is 0 Å². The maximum Gasteiger partial charge on any atom is 0.397 e. The Morgan fingerprint density at radius 1 is 1.37 bits per heavy atom. The van der Waals surface area contributed by atoms with Gasteiger partial charge in [-0.3, -0.25) is 14.6 Å². The molecule has 0 aliphatic rings. The molecule has 3 heterocycles. The fourth-order valence-corrected chi connectivity index (χ4v) is 2.27. The Bertz CT molecular complexity index is 1050. The standard InChI is InChI=1S/C17H17N5O5/c1-4-26-16(25)15(24)19-13-8-11(12-6-5-7-27-12)21-22(13)17-18-10(3)9(2)14(23)20-17/h5-8H,4H2,1-3H3,(H,19,24)(H,18,20,23). The molecular formula is C17H17N5O5. The van der Waals surface area contributed by atoms with E-state index in [0.717, 1.165) is 0 Å². The third-order valence-corrected chi connectivity index (χ3v) is 3.77. The quantitative estimate of drug-likeness (QED) is 0.522. The Hall–Kier alpha value is -3.69. The second-order valence-electron chi connectivity index (χ2n) is 5.58. The van der Waals surface area contributed by atoms with E-state index >= 15 is 0 Å². The molecule has 10 heteroatoms. The Morgan fingerprint density at radius 3 is 2.78 bits per heavy atom. The maximum atomic E-state index is 12.1. The fraction of sp³-hybridized carbons (Fsp3) is 0.235. The van der Waals surface area contributed by atoms with Crippen LogP contribution in [0.2, 0.25) is 0 Å². The lowest BCUT2D eigenvalue weighted by atomic mass is 10.3. The van der Waals surface area contributed by atoms with Crippen LogP contribution in [0.1, 0.15) is 18.2 Å². The van der Waals surface area contributed by atoms with Crippen molar-refractivity contribution in [1.29, 1.82) is 0 Å². The molecule has 0 aliphatic carbocycles. The number of aryl methyl sites for hydroxylation is 1. The van der Waals surface area contributed by atoms with Gasteiger partial charge in [0.1, 0.15) is 11.5 Å². The minimum Gasteiger partial charge on any atom is -0.463 e. The molecule has 1 amide bonds. The molecule has 0 unspecified atom stereocenters. The van der Waals surface area contributed by atoms with Gasteiger partial charge in [0.25, 0.3) is 5.56 Å². The third-order valence-electron chi connectivity index (χ3n) is 3.77. The average Bonchev–Trinajstić information content (AvgIpc) is 3.29. The summed E-state index contributed by atoms with van der Waals surface area (Å²) in [4.78, 5) is 42.6. The molecule has 10 nitrogen and oxygen atoms in total. The Morgan fingerprint density at radius 2 is 2.15 bits per heavy atom. The molecule has 3 rings (SSSR count). The van der Waals surface area contributed by atoms with Crippen molar-refractivity contribution in [2.75, 3.05) is 11.9 Å². The van der Waals surface area contributed by atoms with Crippen LogP contribution in [0.15, 0.2) is 33.7 Å². The molecule has 2 N–H and O–H groups in total. The number of H-pyrrole nitrogens is 1. The first kappa shape index (κ1) is 18.1. The van der Waals surface area contributed by atoms with Crippen LogP contribution in [0.4, 0.5) is 5.82 Å². The SMILES string of the molecule is CCOC(=O)C(=O)Nc1cc(-c2ccco2)nn1-c1nc(C)c(C)c(=O)[nH]1. The summed E-state index contributed by atoms with van der Waals surface area (Å²) in [5, 5.41) is 6.73. The van der Waals surface area contributed by atoms with Crippen LogP contribution in [-0.2, 0) is 14.3 Å². The highest BCUT2D eigenvalue weighted by molar-refractivity contribution is 6.37. The average molecular weight is 371 g/mol. The van der Waals surface area contributed by atoms with Crippen LogP contribution in [-0.4, -0.2) is 38.2 Å². The minimum atomic E-state index is -1.04. The molecule has 3 aromatic rings. The Balaban J connectivity index is 2.07. The van der Waals surface area contributed by atoms with Crippen molar-refractivity contribution in [1.82, 2.24) is 19.7 Å². The number of carbonyl (C=O) groups is 2. The Kier molecular flexibility index (Phi) is 4.88. The van der Waals surface area contributed by atoms with Crippen molar-refractivity contribution < 1.29 is 18.7 Å². The van der Waals surface area contributed by atoms with E-state index in [1.165, 1.54) is 17.0 Å². The lowest BCUT2D eigenvalue weighted by Gasteiger charge is -2.08. The van der Waals surface area contributed by atoms with Gasteiger partial charge in [-0.05, 0) is 32.9 Å². The molecule has 140 valence electrons. The molecule has 0 bridgehead atoms. The first-order chi connectivity index (χ1) is 12.9. The van der Waals surface area contributed by atoms with Gasteiger partial charge in [0.2, 0.25) is 5.95 Å². The highest BCUT2D eigenvalue weighted by atomic mass is 16.5. The van der Waals surface area contributed by atoms with E-state index in [-0.39, 0.29) is 23.9 Å². The van der Waals surface area contributed by atoms with E-state index in [1.54, 1.807) is 32.9 Å². The fourth-order valence-electron chi connectivity index (χ4n) is 2.27. The summed E-state index contributed by atoms with van der Waals surface area (Å²) < 4.78 is 11.2. The van der Waals surface area contributed by atoms with Crippen molar-refractivity contribution in [2.24, 2.45) is 0 Å². The summed E-state index contributed by atoms with van der Waals surface area (Å²) in [6, 6.07) is 4.85. The number of anilines is 1. The minimum absolute atomic E-state index is 0.0647. The monoisotopic (exact) mass is 371 g/mol. The summed E-state index contributed by atoms with van der Waals surface area (Å²) in [6.45, 7) is 4.98. The third kappa shape index (κ3) is 3.64. The normalized spacial score (nSPS) is 10.6. The number of hydrogen-bond donors (Lipinski definition) is 2. The molecule has 0 fully saturated rings. The molecule has 0 atom stereocenters. The van der Waals surface area contributed by atoms with Crippen LogP contribution in [0.5, 0.6) is 0 Å². The second-order valence-corrected chi connectivity index (χ2v) is 5.58. The first-order valence-electron chi connectivity index (χ1n) is 8.10. The molecule has 0 saturated carbocycles. The maximum absolute atomic E-state index is 12.1. The van der Waals surface area contributed by atoms with Gasteiger partial charge in [0, 0.05) is 17.3 Å². The Labute approximate surface area is 153 Å². The van der Waals surface area contributed by atoms with Gasteiger partial charge in [-0.1, -0.05) is 0 Å². The highest BCUT2D eigenvalue weighted by Crippen LogP contribution is 2.24. The van der Waals surface area contributed by atoms with Gasteiger partial charge >= 0.3 is 11.9 Å². The first-order valence-corrected chi connectivity index (χ1v) is 8.10. The number of hydrogen-bond acceptors (Lipinski definition) is 7. The summed E-state index contributed by atoms with van der Waals surface area (Å²) in [5.74, 6) is -1.38. The van der Waals surface area contributed by atoms with Gasteiger partial charge in [-0.25, -0.2) is 9.78 Å². The van der Waals surface area contributed by atoms with Crippen molar-refractivity contribution in [3.63, 3.8) is 0 Å². The predicted molar refractivity (Wildman–Crippen MR) is 94.4 cm³/mol. The lowest BCUT2D eigenvalue weighted by Crippen LogP contribution is -2.27. The molecule has 0 aromatic carbocycles. The van der Waals surface area contributed by atoms with Crippen LogP contribution in [0, 0.1) is 13.8 Å². The molecule has 3 aromatic heterocycles. The van der Waals surface area contributed by atoms with Crippen LogP contribution >= 0.6 is 0 Å². The van der Waals surface area contributed by atoms with Crippen molar-refractivity contribution in [3.8, 4) is 17.4 Å². The second kappa shape index (κ2) is 7.28. The number of esters is 1. The van der Waals surface area contributed by atoms with E-state index in [2.05, 4.69) is 25.1 Å². The highest BCUT2D eigenvalue weighted by Gasteiger charge is 2.21. The zero-order valence-corrected chi connectivity index (χ0v) is 14.9. The molecule has 0 aliphatic heterocycles. The summed E-state index contributed by atoms with van der Waals surface area (Å²) in [6.07, 6.45) is 1.47. The lowest BCUT2D eigenvalue weighted by molar-refractivity contribution is -0.152. The van der Waals surface area contributed by atoms with Crippen molar-refractivity contribution >= 4 is 17.7 Å². The van der Waals surface area contributed by atoms with Gasteiger partial charge < -0.3 is 14.5 Å². The van der Waals surface area contributed by atoms with E-state index < -0.39 is 11.9 Å². The molecule has 0 radical (unpaired) electrons. The summed E-state index contributed by atoms with van der Waals surface area (Å²) in [7, 11) is 0. The smallest absolute Gasteiger partial charge is 0.397 e. The largest absolute Gasteiger partial charge is 0.463 e. The summed E-state index contributed by atoms with van der Waals surface area (Å²) >= 11 is 0. The number of carbonyl (C=O) groups excluding carboxylic acids is 2. The van der Waals surface area contributed by atoms with Crippen molar-refractivity contribution in [3.05, 3.63) is 46.1 Å². The topological polar surface area (TPSA) is 132 Å². The summed E-state index contributed by atoms with van der Waals surface area (Å²) in [5.41, 5.74) is 1.01. The van der Waals surface area contributed by atoms with Crippen molar-refractivity contribution in [2.45, 2.75) is 20.8 Å². The number of ether oxygens (including phenoxy) is 1. The molecular weight excluding hydrogens is 354 g/mol. The van der Waals surface area contributed by atoms with E-state index in [1.807, 2.05) is 0 Å². The van der Waals surface area contributed by atoms with Gasteiger partial charge in [-0.15, -0.1) is 0 Å². The number of aromatic nitrogens is 4. The van der Waals surface area contributed by atoms with E-state index in [0.29, 0.717) is 22.7 Å². The van der Waals surface area contributed by atoms with Crippen LogP contribution in [0.25, 0.3) is 17.4 Å². The van der Waals surface area contributed by atoms with Gasteiger partial charge in [0.05, 0.1) is 12.9 Å². The van der Waals surface area contributed by atoms with E-state index in [9.17, 15) is 14.4 Å². The number of aromatic amines is 1. The number of nitrogens with one attached hydrogen (secondary N) is 2.